The fourth-order valence-electron chi connectivity index (χ4n) is 1.98. The van der Waals surface area contributed by atoms with Gasteiger partial charge in [-0.05, 0) is 0 Å². The summed E-state index contributed by atoms with van der Waals surface area (Å²) in [5.41, 5.74) is -1.65. The molecule has 6 N–H and O–H groups in total. The molecule has 118 valence electrons. The van der Waals surface area contributed by atoms with Crippen molar-refractivity contribution in [2.45, 2.75) is 30.4 Å². The maximum absolute atomic E-state index is 11.6. The maximum Gasteiger partial charge on any atom is 0.356 e. The van der Waals surface area contributed by atoms with Gasteiger partial charge in [-0.1, -0.05) is 0 Å². The maximum atomic E-state index is 11.6. The first-order valence-electron chi connectivity index (χ1n) is 5.69. The molecule has 2 heterocycles. The number of aromatic nitrogens is 2. The highest BCUT2D eigenvalue weighted by Gasteiger charge is 2.51. The van der Waals surface area contributed by atoms with Crippen LogP contribution in [-0.2, 0) is 9.30 Å². The number of aliphatic hydroxyl groups is 3. The van der Waals surface area contributed by atoms with Crippen molar-refractivity contribution in [3.05, 3.63) is 33.1 Å². The van der Waals surface area contributed by atoms with Crippen LogP contribution < -0.4 is 11.2 Å². The summed E-state index contributed by atoms with van der Waals surface area (Å²) in [6, 6.07) is 0.955. The second-order valence-corrected chi connectivity index (χ2v) is 6.20. The van der Waals surface area contributed by atoms with Crippen LogP contribution in [0.1, 0.15) is 6.23 Å². The molecular formula is C9H13N2O9P. The van der Waals surface area contributed by atoms with Gasteiger partial charge in [-0.3, -0.25) is 18.9 Å². The van der Waals surface area contributed by atoms with E-state index in [4.69, 9.17) is 14.5 Å². The molecule has 0 bridgehead atoms. The van der Waals surface area contributed by atoms with Gasteiger partial charge in [-0.25, -0.2) is 4.79 Å². The molecule has 1 unspecified atom stereocenters. The van der Waals surface area contributed by atoms with Gasteiger partial charge in [0.05, 0.1) is 0 Å². The monoisotopic (exact) mass is 324 g/mol. The lowest BCUT2D eigenvalue weighted by molar-refractivity contribution is -0.0694. The number of hydrogen-bond acceptors (Lipinski definition) is 7. The largest absolute Gasteiger partial charge is 0.387 e. The van der Waals surface area contributed by atoms with Crippen molar-refractivity contribution in [2.75, 3.05) is 0 Å². The summed E-state index contributed by atoms with van der Waals surface area (Å²) < 4.78 is 16.7. The minimum absolute atomic E-state index is 0.698. The number of nitrogens with zero attached hydrogens (tertiary/aromatic N) is 1. The number of aliphatic hydroxyl groups excluding tert-OH is 3. The SMILES string of the molecule is O=c1ccn([C@@H]2O[C@H](C(O)P(=O)(O)O)[C@@H](O)[C@H]2O)c(=O)[nH]1. The smallest absolute Gasteiger partial charge is 0.356 e. The predicted molar refractivity (Wildman–Crippen MR) is 65.3 cm³/mol. The Morgan fingerprint density at radius 2 is 1.90 bits per heavy atom. The summed E-state index contributed by atoms with van der Waals surface area (Å²) in [5, 5.41) is 28.9. The number of hydrogen-bond donors (Lipinski definition) is 6. The summed E-state index contributed by atoms with van der Waals surface area (Å²) in [7, 11) is -4.99. The Hall–Kier alpha value is -1.33. The molecule has 0 amide bonds. The van der Waals surface area contributed by atoms with E-state index in [9.17, 15) is 29.5 Å². The number of H-pyrrole nitrogens is 1. The second-order valence-electron chi connectivity index (χ2n) is 4.49. The highest BCUT2D eigenvalue weighted by atomic mass is 31.2. The molecule has 0 aliphatic carbocycles. The molecule has 0 radical (unpaired) electrons. The van der Waals surface area contributed by atoms with Crippen LogP contribution in [0.5, 0.6) is 0 Å². The van der Waals surface area contributed by atoms with E-state index >= 15 is 0 Å². The van der Waals surface area contributed by atoms with E-state index < -0.39 is 49.2 Å². The second kappa shape index (κ2) is 5.46. The predicted octanol–water partition coefficient (Wildman–Crippen LogP) is -3.35. The van der Waals surface area contributed by atoms with Crippen LogP contribution >= 0.6 is 7.60 Å². The first-order valence-corrected chi connectivity index (χ1v) is 7.37. The fourth-order valence-corrected chi connectivity index (χ4v) is 2.61. The Morgan fingerprint density at radius 3 is 2.43 bits per heavy atom. The third-order valence-electron chi connectivity index (χ3n) is 3.04. The molecule has 0 aromatic carbocycles. The Bertz CT molecular complexity index is 678. The van der Waals surface area contributed by atoms with E-state index in [2.05, 4.69) is 0 Å². The molecule has 1 aliphatic rings. The molecule has 1 aliphatic heterocycles. The number of nitrogens with one attached hydrogen (secondary N) is 1. The molecule has 11 nitrogen and oxygen atoms in total. The van der Waals surface area contributed by atoms with Gasteiger partial charge in [-0.2, -0.15) is 0 Å². The van der Waals surface area contributed by atoms with Crippen molar-refractivity contribution < 1.29 is 34.4 Å². The third-order valence-corrected chi connectivity index (χ3v) is 4.02. The van der Waals surface area contributed by atoms with Crippen molar-refractivity contribution in [1.82, 2.24) is 9.55 Å². The molecule has 1 aromatic rings. The molecule has 21 heavy (non-hydrogen) atoms. The van der Waals surface area contributed by atoms with Crippen molar-refractivity contribution >= 4 is 7.60 Å². The Kier molecular flexibility index (Phi) is 4.17. The minimum atomic E-state index is -4.99. The van der Waals surface area contributed by atoms with E-state index in [-0.39, 0.29) is 0 Å². The zero-order valence-electron chi connectivity index (χ0n) is 10.3. The Morgan fingerprint density at radius 1 is 1.29 bits per heavy atom. The average Bonchev–Trinajstić information content (AvgIpc) is 2.65. The number of ether oxygens (including phenoxy) is 1. The molecule has 0 spiro atoms. The van der Waals surface area contributed by atoms with E-state index in [0.29, 0.717) is 0 Å². The van der Waals surface area contributed by atoms with Crippen molar-refractivity contribution in [3.8, 4) is 0 Å². The summed E-state index contributed by atoms with van der Waals surface area (Å²) in [6.45, 7) is 0. The van der Waals surface area contributed by atoms with Crippen LogP contribution in [0.3, 0.4) is 0 Å². The quantitative estimate of drug-likeness (QED) is 0.309. The van der Waals surface area contributed by atoms with E-state index in [1.165, 1.54) is 0 Å². The Labute approximate surface area is 116 Å². The first kappa shape index (κ1) is 16.0. The van der Waals surface area contributed by atoms with Gasteiger partial charge in [-0.15, -0.1) is 0 Å². The summed E-state index contributed by atoms with van der Waals surface area (Å²) in [4.78, 5) is 42.1. The third kappa shape index (κ3) is 2.99. The normalized spacial score (nSPS) is 31.3. The highest BCUT2D eigenvalue weighted by Crippen LogP contribution is 2.46. The molecule has 1 aromatic heterocycles. The molecule has 0 saturated carbocycles. The topological polar surface area (TPSA) is 182 Å². The zero-order valence-corrected chi connectivity index (χ0v) is 11.2. The van der Waals surface area contributed by atoms with Crippen molar-refractivity contribution in [1.29, 1.82) is 0 Å². The fraction of sp³-hybridized carbons (Fsp3) is 0.556. The molecule has 12 heteroatoms. The molecule has 5 atom stereocenters. The lowest BCUT2D eigenvalue weighted by Gasteiger charge is -2.21. The van der Waals surface area contributed by atoms with Crippen molar-refractivity contribution in [3.63, 3.8) is 0 Å². The van der Waals surface area contributed by atoms with Gasteiger partial charge in [0, 0.05) is 12.3 Å². The summed E-state index contributed by atoms with van der Waals surface area (Å²) in [5.74, 6) is -2.37. The Balaban J connectivity index is 2.34. The van der Waals surface area contributed by atoms with Crippen LogP contribution in [-0.4, -0.2) is 58.8 Å². The molecule has 2 rings (SSSR count). The zero-order chi connectivity index (χ0) is 15.9. The van der Waals surface area contributed by atoms with Gasteiger partial charge in [0.1, 0.15) is 18.3 Å². The van der Waals surface area contributed by atoms with Gasteiger partial charge >= 0.3 is 13.3 Å². The van der Waals surface area contributed by atoms with Crippen LogP contribution in [0.4, 0.5) is 0 Å². The van der Waals surface area contributed by atoms with E-state index in [0.717, 1.165) is 16.8 Å². The molecule has 1 fully saturated rings. The van der Waals surface area contributed by atoms with Gasteiger partial charge < -0.3 is 29.8 Å². The van der Waals surface area contributed by atoms with Crippen molar-refractivity contribution in [2.24, 2.45) is 0 Å². The lowest BCUT2D eigenvalue weighted by Crippen LogP contribution is -2.39. The molecule has 1 saturated heterocycles. The first-order chi connectivity index (χ1) is 9.62. The van der Waals surface area contributed by atoms with Crippen LogP contribution in [0.2, 0.25) is 0 Å². The minimum Gasteiger partial charge on any atom is -0.387 e. The van der Waals surface area contributed by atoms with Gasteiger partial charge in [0.25, 0.3) is 5.56 Å². The highest BCUT2D eigenvalue weighted by molar-refractivity contribution is 7.52. The van der Waals surface area contributed by atoms with Gasteiger partial charge in [0.2, 0.25) is 0 Å². The van der Waals surface area contributed by atoms with E-state index in [1.807, 2.05) is 4.98 Å². The van der Waals surface area contributed by atoms with E-state index in [1.54, 1.807) is 0 Å². The van der Waals surface area contributed by atoms with Gasteiger partial charge in [0.15, 0.2) is 12.1 Å². The standard InChI is InChI=1S/C9H13N2O9P/c12-3-1-2-11(9(16)10-3)7-5(14)4(13)6(20-7)8(15)21(17,18)19/h1-2,4-8,13-15H,(H,10,12,16)(H2,17,18,19)/t4-,5+,6-,7+,8?/m0/s1. The van der Waals surface area contributed by atoms with Crippen LogP contribution in [0.25, 0.3) is 0 Å². The summed E-state index contributed by atoms with van der Waals surface area (Å²) in [6.07, 6.45) is -5.91. The summed E-state index contributed by atoms with van der Waals surface area (Å²) >= 11 is 0. The van der Waals surface area contributed by atoms with Crippen LogP contribution in [0, 0.1) is 0 Å². The average molecular weight is 324 g/mol. The number of rotatable bonds is 3. The van der Waals surface area contributed by atoms with Crippen LogP contribution in [0.15, 0.2) is 21.9 Å². The number of aromatic amines is 1. The lowest BCUT2D eigenvalue weighted by atomic mass is 10.1. The molecular weight excluding hydrogens is 311 g/mol.